The van der Waals surface area contributed by atoms with Gasteiger partial charge in [-0.25, -0.2) is 4.98 Å². The molecule has 116 valence electrons. The van der Waals surface area contributed by atoms with Crippen LogP contribution >= 0.6 is 12.2 Å². The molecular weight excluding hydrogens is 299 g/mol. The van der Waals surface area contributed by atoms with E-state index in [9.17, 15) is 13.2 Å². The van der Waals surface area contributed by atoms with E-state index >= 15 is 0 Å². The molecule has 7 heteroatoms. The fraction of sp³-hybridized carbons (Fsp3) is 0.571. The maximum absolute atomic E-state index is 12.9. The summed E-state index contributed by atoms with van der Waals surface area (Å²) in [5, 5.41) is 0. The molecule has 1 saturated carbocycles. The average molecular weight is 317 g/mol. The zero-order valence-corrected chi connectivity index (χ0v) is 12.6. The molecule has 2 rings (SSSR count). The second-order valence-corrected chi connectivity index (χ2v) is 5.77. The van der Waals surface area contributed by atoms with Gasteiger partial charge in [-0.3, -0.25) is 0 Å². The zero-order valence-electron chi connectivity index (χ0n) is 11.8. The normalized spacial score (nSPS) is 16.8. The predicted molar refractivity (Wildman–Crippen MR) is 80.4 cm³/mol. The number of halogens is 3. The number of nitrogens with two attached hydrogens (primary N) is 1. The van der Waals surface area contributed by atoms with Crippen LogP contribution in [0.1, 0.15) is 43.4 Å². The van der Waals surface area contributed by atoms with Crippen molar-refractivity contribution in [2.75, 3.05) is 11.9 Å². The molecule has 1 aliphatic rings. The van der Waals surface area contributed by atoms with Gasteiger partial charge in [0.1, 0.15) is 16.5 Å². The molecule has 1 aromatic heterocycles. The summed E-state index contributed by atoms with van der Waals surface area (Å²) in [5.41, 5.74) is 5.10. The van der Waals surface area contributed by atoms with Crippen LogP contribution in [0.15, 0.2) is 12.1 Å². The first-order chi connectivity index (χ1) is 9.80. The van der Waals surface area contributed by atoms with Crippen molar-refractivity contribution in [1.82, 2.24) is 4.98 Å². The van der Waals surface area contributed by atoms with Gasteiger partial charge in [-0.2, -0.15) is 13.2 Å². The van der Waals surface area contributed by atoms with Gasteiger partial charge in [-0.05, 0) is 25.0 Å². The highest BCUT2D eigenvalue weighted by Gasteiger charge is 2.34. The second kappa shape index (κ2) is 6.17. The quantitative estimate of drug-likeness (QED) is 0.866. The van der Waals surface area contributed by atoms with Crippen molar-refractivity contribution in [3.05, 3.63) is 23.4 Å². The molecular formula is C14H18F3N3S. The minimum atomic E-state index is -4.48. The van der Waals surface area contributed by atoms with E-state index in [1.54, 1.807) is 11.9 Å². The van der Waals surface area contributed by atoms with Crippen LogP contribution in [-0.2, 0) is 6.18 Å². The lowest BCUT2D eigenvalue weighted by molar-refractivity contribution is -0.141. The Hall–Kier alpha value is -1.37. The van der Waals surface area contributed by atoms with Crippen LogP contribution < -0.4 is 10.6 Å². The SMILES string of the molecule is CN(c1nc(C(F)(F)F)ccc1C(N)=S)C1CCCCC1. The van der Waals surface area contributed by atoms with E-state index in [0.29, 0.717) is 5.56 Å². The lowest BCUT2D eigenvalue weighted by atomic mass is 9.94. The van der Waals surface area contributed by atoms with Crippen molar-refractivity contribution in [3.8, 4) is 0 Å². The van der Waals surface area contributed by atoms with Gasteiger partial charge in [0.25, 0.3) is 0 Å². The Morgan fingerprint density at radius 2 is 1.90 bits per heavy atom. The Labute approximate surface area is 127 Å². The molecule has 0 unspecified atom stereocenters. The van der Waals surface area contributed by atoms with Gasteiger partial charge in [0.05, 0.1) is 5.56 Å². The van der Waals surface area contributed by atoms with Crippen LogP contribution in [0.3, 0.4) is 0 Å². The number of anilines is 1. The molecule has 0 atom stereocenters. The first-order valence-electron chi connectivity index (χ1n) is 6.91. The van der Waals surface area contributed by atoms with E-state index in [2.05, 4.69) is 4.98 Å². The van der Waals surface area contributed by atoms with Gasteiger partial charge < -0.3 is 10.6 Å². The topological polar surface area (TPSA) is 42.2 Å². The van der Waals surface area contributed by atoms with Crippen LogP contribution in [0, 0.1) is 0 Å². The van der Waals surface area contributed by atoms with Crippen molar-refractivity contribution >= 4 is 23.0 Å². The van der Waals surface area contributed by atoms with Crippen molar-refractivity contribution < 1.29 is 13.2 Å². The van der Waals surface area contributed by atoms with Gasteiger partial charge in [0.2, 0.25) is 0 Å². The molecule has 0 aliphatic heterocycles. The molecule has 1 aliphatic carbocycles. The lowest BCUT2D eigenvalue weighted by Crippen LogP contribution is -2.36. The number of alkyl halides is 3. The van der Waals surface area contributed by atoms with Crippen molar-refractivity contribution in [3.63, 3.8) is 0 Å². The summed E-state index contributed by atoms with van der Waals surface area (Å²) in [5.74, 6) is 0.226. The monoisotopic (exact) mass is 317 g/mol. The van der Waals surface area contributed by atoms with Gasteiger partial charge in [-0.1, -0.05) is 31.5 Å². The Morgan fingerprint density at radius 3 is 2.43 bits per heavy atom. The molecule has 0 spiro atoms. The van der Waals surface area contributed by atoms with Gasteiger partial charge in [0, 0.05) is 13.1 Å². The predicted octanol–water partition coefficient (Wildman–Crippen LogP) is 3.50. The summed E-state index contributed by atoms with van der Waals surface area (Å²) in [6.07, 6.45) is 0.753. The van der Waals surface area contributed by atoms with Crippen LogP contribution in [-0.4, -0.2) is 23.1 Å². The summed E-state index contributed by atoms with van der Waals surface area (Å²) < 4.78 is 38.6. The smallest absolute Gasteiger partial charge is 0.389 e. The number of nitrogens with zero attached hydrogens (tertiary/aromatic N) is 2. The number of aromatic nitrogens is 1. The van der Waals surface area contributed by atoms with E-state index in [1.165, 1.54) is 12.5 Å². The van der Waals surface area contributed by atoms with E-state index < -0.39 is 11.9 Å². The maximum atomic E-state index is 12.9. The summed E-state index contributed by atoms with van der Waals surface area (Å²) in [6, 6.07) is 2.42. The fourth-order valence-corrected chi connectivity index (χ4v) is 2.87. The molecule has 0 amide bonds. The Bertz CT molecular complexity index is 525. The molecule has 21 heavy (non-hydrogen) atoms. The molecule has 1 heterocycles. The van der Waals surface area contributed by atoms with E-state index in [1.807, 2.05) is 0 Å². The van der Waals surface area contributed by atoms with Gasteiger partial charge >= 0.3 is 6.18 Å². The molecule has 0 saturated heterocycles. The molecule has 2 N–H and O–H groups in total. The summed E-state index contributed by atoms with van der Waals surface area (Å²) >= 11 is 4.94. The van der Waals surface area contributed by atoms with Gasteiger partial charge in [-0.15, -0.1) is 0 Å². The van der Waals surface area contributed by atoms with E-state index in [-0.39, 0.29) is 16.8 Å². The average Bonchev–Trinajstić information content (AvgIpc) is 2.45. The van der Waals surface area contributed by atoms with Crippen LogP contribution in [0.2, 0.25) is 0 Å². The van der Waals surface area contributed by atoms with E-state index in [0.717, 1.165) is 31.7 Å². The summed E-state index contributed by atoms with van der Waals surface area (Å²) in [4.78, 5) is 5.63. The fourth-order valence-electron chi connectivity index (χ4n) is 2.71. The van der Waals surface area contributed by atoms with E-state index in [4.69, 9.17) is 18.0 Å². The third-order valence-corrected chi connectivity index (χ3v) is 4.11. The van der Waals surface area contributed by atoms with Crippen LogP contribution in [0.5, 0.6) is 0 Å². The highest BCUT2D eigenvalue weighted by atomic mass is 32.1. The molecule has 3 nitrogen and oxygen atoms in total. The minimum absolute atomic E-state index is 0.0638. The zero-order chi connectivity index (χ0) is 15.6. The lowest BCUT2D eigenvalue weighted by Gasteiger charge is -2.33. The third-order valence-electron chi connectivity index (χ3n) is 3.89. The van der Waals surface area contributed by atoms with Crippen molar-refractivity contribution in [1.29, 1.82) is 0 Å². The third kappa shape index (κ3) is 3.64. The molecule has 1 fully saturated rings. The summed E-state index contributed by atoms with van der Waals surface area (Å²) in [7, 11) is 1.76. The molecule has 0 bridgehead atoms. The number of rotatable bonds is 3. The second-order valence-electron chi connectivity index (χ2n) is 5.33. The molecule has 0 aromatic carbocycles. The van der Waals surface area contributed by atoms with Crippen molar-refractivity contribution in [2.45, 2.75) is 44.3 Å². The maximum Gasteiger partial charge on any atom is 0.433 e. The highest BCUT2D eigenvalue weighted by Crippen LogP contribution is 2.32. The standard InChI is InChI=1S/C14H18F3N3S/c1-20(9-5-3-2-4-6-9)13-10(12(18)21)7-8-11(19-13)14(15,16)17/h7-9H,2-6H2,1H3,(H2,18,21). The minimum Gasteiger partial charge on any atom is -0.389 e. The van der Waals surface area contributed by atoms with Crippen molar-refractivity contribution in [2.24, 2.45) is 5.73 Å². The molecule has 0 radical (unpaired) electrons. The summed E-state index contributed by atoms with van der Waals surface area (Å²) in [6.45, 7) is 0. The first kappa shape index (κ1) is 16.0. The first-order valence-corrected chi connectivity index (χ1v) is 7.32. The largest absolute Gasteiger partial charge is 0.433 e. The van der Waals surface area contributed by atoms with Crippen LogP contribution in [0.25, 0.3) is 0 Å². The van der Waals surface area contributed by atoms with Gasteiger partial charge in [0.15, 0.2) is 0 Å². The number of pyridine rings is 1. The number of hydrogen-bond donors (Lipinski definition) is 1. The molecule has 1 aromatic rings. The Morgan fingerprint density at radius 1 is 1.29 bits per heavy atom. The van der Waals surface area contributed by atoms with Crippen LogP contribution in [0.4, 0.5) is 19.0 Å². The number of hydrogen-bond acceptors (Lipinski definition) is 3. The Balaban J connectivity index is 2.40. The Kier molecular flexibility index (Phi) is 4.70. The highest BCUT2D eigenvalue weighted by molar-refractivity contribution is 7.80. The number of thiocarbonyl (C=S) groups is 1.